The summed E-state index contributed by atoms with van der Waals surface area (Å²) in [5, 5.41) is 4.90. The van der Waals surface area contributed by atoms with Crippen molar-refractivity contribution in [2.75, 3.05) is 19.3 Å². The summed E-state index contributed by atoms with van der Waals surface area (Å²) in [5.41, 5.74) is 3.84. The molecule has 0 bridgehead atoms. The number of hydrogen-bond acceptors (Lipinski definition) is 3. The minimum absolute atomic E-state index is 0.0141. The largest absolute Gasteiger partial charge is 0.272 e. The molecule has 0 atom stereocenters. The molecule has 1 saturated heterocycles. The first-order chi connectivity index (χ1) is 10.7. The van der Waals surface area contributed by atoms with Crippen molar-refractivity contribution < 1.29 is 8.42 Å². The van der Waals surface area contributed by atoms with Crippen molar-refractivity contribution in [3.05, 3.63) is 17.0 Å². The number of aromatic nitrogens is 2. The van der Waals surface area contributed by atoms with Gasteiger partial charge in [-0.3, -0.25) is 4.68 Å². The second-order valence-electron chi connectivity index (χ2n) is 9.17. The van der Waals surface area contributed by atoms with Crippen molar-refractivity contribution in [2.45, 2.75) is 71.1 Å². The fourth-order valence-corrected chi connectivity index (χ4v) is 4.77. The average molecular weight is 356 g/mol. The Balaban J connectivity index is 2.43. The third kappa shape index (κ3) is 3.85. The highest BCUT2D eigenvalue weighted by Gasteiger charge is 2.36. The van der Waals surface area contributed by atoms with E-state index in [2.05, 4.69) is 41.5 Å². The van der Waals surface area contributed by atoms with Crippen LogP contribution in [0.2, 0.25) is 0 Å². The van der Waals surface area contributed by atoms with Crippen LogP contribution >= 0.6 is 0 Å². The lowest BCUT2D eigenvalue weighted by Gasteiger charge is -2.32. The Morgan fingerprint density at radius 1 is 1.00 bits per heavy atom. The number of nitrogens with zero attached hydrogens (tertiary/aromatic N) is 3. The van der Waals surface area contributed by atoms with Gasteiger partial charge in [0.1, 0.15) is 0 Å². The molecular formula is C18H33N3O2S. The van der Waals surface area contributed by atoms with E-state index in [9.17, 15) is 8.42 Å². The van der Waals surface area contributed by atoms with Crippen LogP contribution in [-0.2, 0) is 27.9 Å². The zero-order valence-electron chi connectivity index (χ0n) is 16.5. The number of aryl methyl sites for hydroxylation is 1. The van der Waals surface area contributed by atoms with E-state index in [-0.39, 0.29) is 10.8 Å². The van der Waals surface area contributed by atoms with Gasteiger partial charge in [0.05, 0.1) is 11.9 Å². The molecule has 138 valence electrons. The van der Waals surface area contributed by atoms with Gasteiger partial charge in [-0.15, -0.1) is 0 Å². The third-order valence-corrected chi connectivity index (χ3v) is 6.15. The van der Waals surface area contributed by atoms with E-state index in [0.717, 1.165) is 12.8 Å². The Morgan fingerprint density at radius 3 is 1.88 bits per heavy atom. The van der Waals surface area contributed by atoms with Crippen LogP contribution < -0.4 is 0 Å². The Hall–Kier alpha value is -0.880. The van der Waals surface area contributed by atoms with Crippen molar-refractivity contribution in [1.29, 1.82) is 0 Å². The monoisotopic (exact) mass is 355 g/mol. The summed E-state index contributed by atoms with van der Waals surface area (Å²) in [7, 11) is -1.06. The summed E-state index contributed by atoms with van der Waals surface area (Å²) in [6.07, 6.45) is 2.99. The van der Waals surface area contributed by atoms with E-state index in [0.29, 0.717) is 19.0 Å². The molecule has 0 spiro atoms. The summed E-state index contributed by atoms with van der Waals surface area (Å²) in [6.45, 7) is 14.6. The SMILES string of the molecule is Cn1nc(C2CCN(S(C)(=O)=O)CC2)c(C(C)(C)C)c1C(C)(C)C. The smallest absolute Gasteiger partial charge is 0.211 e. The predicted molar refractivity (Wildman–Crippen MR) is 99.0 cm³/mol. The summed E-state index contributed by atoms with van der Waals surface area (Å²) < 4.78 is 27.1. The first-order valence-electron chi connectivity index (χ1n) is 8.76. The van der Waals surface area contributed by atoms with Crippen LogP contribution in [-0.4, -0.2) is 41.8 Å². The van der Waals surface area contributed by atoms with Crippen LogP contribution in [0.3, 0.4) is 0 Å². The third-order valence-electron chi connectivity index (χ3n) is 4.84. The Kier molecular flexibility index (Phi) is 4.97. The van der Waals surface area contributed by atoms with Gasteiger partial charge in [-0.25, -0.2) is 12.7 Å². The van der Waals surface area contributed by atoms with Crippen LogP contribution in [0.4, 0.5) is 0 Å². The van der Waals surface area contributed by atoms with Gasteiger partial charge in [-0.1, -0.05) is 41.5 Å². The van der Waals surface area contributed by atoms with E-state index in [4.69, 9.17) is 5.10 Å². The lowest BCUT2D eigenvalue weighted by molar-refractivity contribution is 0.315. The molecule has 0 amide bonds. The van der Waals surface area contributed by atoms with Gasteiger partial charge in [-0.05, 0) is 18.3 Å². The molecule has 0 aromatic carbocycles. The molecule has 0 saturated carbocycles. The number of sulfonamides is 1. The molecule has 1 aromatic rings. The molecule has 0 unspecified atom stereocenters. The van der Waals surface area contributed by atoms with E-state index in [1.165, 1.54) is 23.2 Å². The molecule has 5 nitrogen and oxygen atoms in total. The van der Waals surface area contributed by atoms with Crippen LogP contribution in [0.5, 0.6) is 0 Å². The molecule has 1 aliphatic heterocycles. The van der Waals surface area contributed by atoms with Gasteiger partial charge in [0.2, 0.25) is 10.0 Å². The maximum Gasteiger partial charge on any atom is 0.211 e. The molecule has 2 heterocycles. The van der Waals surface area contributed by atoms with Crippen molar-refractivity contribution in [3.63, 3.8) is 0 Å². The minimum atomic E-state index is -3.09. The highest BCUT2D eigenvalue weighted by molar-refractivity contribution is 7.88. The first kappa shape index (κ1) is 19.4. The normalized spacial score (nSPS) is 19.0. The molecule has 0 aliphatic carbocycles. The summed E-state index contributed by atoms with van der Waals surface area (Å²) >= 11 is 0. The van der Waals surface area contributed by atoms with E-state index >= 15 is 0 Å². The molecule has 1 aliphatic rings. The first-order valence-corrected chi connectivity index (χ1v) is 10.6. The number of hydrogen-bond donors (Lipinski definition) is 0. The van der Waals surface area contributed by atoms with Crippen molar-refractivity contribution >= 4 is 10.0 Å². The van der Waals surface area contributed by atoms with Gasteiger partial charge in [0.25, 0.3) is 0 Å². The zero-order chi connectivity index (χ0) is 18.5. The van der Waals surface area contributed by atoms with Gasteiger partial charge < -0.3 is 0 Å². The van der Waals surface area contributed by atoms with Gasteiger partial charge in [-0.2, -0.15) is 5.10 Å². The minimum Gasteiger partial charge on any atom is -0.272 e. The van der Waals surface area contributed by atoms with Crippen molar-refractivity contribution in [3.8, 4) is 0 Å². The zero-order valence-corrected chi connectivity index (χ0v) is 17.3. The Bertz CT molecular complexity index is 698. The molecule has 0 N–H and O–H groups in total. The second-order valence-corrected chi connectivity index (χ2v) is 11.2. The quantitative estimate of drug-likeness (QED) is 0.819. The summed E-state index contributed by atoms with van der Waals surface area (Å²) in [5.74, 6) is 0.333. The molecule has 2 rings (SSSR count). The maximum atomic E-state index is 11.8. The summed E-state index contributed by atoms with van der Waals surface area (Å²) in [4.78, 5) is 0. The standard InChI is InChI=1S/C18H33N3O2S/c1-17(2,3)14-15(19-20(7)16(14)18(4,5)6)13-9-11-21(12-10-13)24(8,22)23/h13H,9-12H2,1-8H3. The van der Waals surface area contributed by atoms with Crippen LogP contribution in [0.25, 0.3) is 0 Å². The Morgan fingerprint density at radius 2 is 1.50 bits per heavy atom. The summed E-state index contributed by atoms with van der Waals surface area (Å²) in [6, 6.07) is 0. The molecule has 0 radical (unpaired) electrons. The second kappa shape index (κ2) is 6.13. The topological polar surface area (TPSA) is 55.2 Å². The molecule has 1 aromatic heterocycles. The highest BCUT2D eigenvalue weighted by Crippen LogP contribution is 2.41. The van der Waals surface area contributed by atoms with Crippen molar-refractivity contribution in [1.82, 2.24) is 14.1 Å². The lowest BCUT2D eigenvalue weighted by Crippen LogP contribution is -2.37. The van der Waals surface area contributed by atoms with Crippen LogP contribution in [0.15, 0.2) is 0 Å². The van der Waals surface area contributed by atoms with Crippen LogP contribution in [0.1, 0.15) is 77.3 Å². The van der Waals surface area contributed by atoms with Gasteiger partial charge >= 0.3 is 0 Å². The van der Waals surface area contributed by atoms with E-state index in [1.807, 2.05) is 11.7 Å². The highest BCUT2D eigenvalue weighted by atomic mass is 32.2. The van der Waals surface area contributed by atoms with Gasteiger partial charge in [0, 0.05) is 42.7 Å². The number of piperidine rings is 1. The average Bonchev–Trinajstić information content (AvgIpc) is 2.75. The van der Waals surface area contributed by atoms with E-state index in [1.54, 1.807) is 4.31 Å². The van der Waals surface area contributed by atoms with Gasteiger partial charge in [0.15, 0.2) is 0 Å². The lowest BCUT2D eigenvalue weighted by atomic mass is 9.75. The predicted octanol–water partition coefficient (Wildman–Crippen LogP) is 3.15. The fourth-order valence-electron chi connectivity index (χ4n) is 3.89. The Labute approximate surface area is 147 Å². The molecule has 1 fully saturated rings. The fraction of sp³-hybridized carbons (Fsp3) is 0.833. The maximum absolute atomic E-state index is 11.8. The van der Waals surface area contributed by atoms with Crippen molar-refractivity contribution in [2.24, 2.45) is 7.05 Å². The molecule has 24 heavy (non-hydrogen) atoms. The number of rotatable bonds is 2. The molecular weight excluding hydrogens is 322 g/mol. The molecule has 6 heteroatoms. The van der Waals surface area contributed by atoms with E-state index < -0.39 is 10.0 Å². The van der Waals surface area contributed by atoms with Crippen LogP contribution in [0, 0.1) is 0 Å².